The lowest BCUT2D eigenvalue weighted by Gasteiger charge is -2.17. The van der Waals surface area contributed by atoms with Crippen LogP contribution < -0.4 is 19.7 Å². The molecule has 0 radical (unpaired) electrons. The predicted molar refractivity (Wildman–Crippen MR) is 128 cm³/mol. The van der Waals surface area contributed by atoms with Crippen molar-refractivity contribution in [2.45, 2.75) is 20.4 Å². The molecule has 0 atom stereocenters. The summed E-state index contributed by atoms with van der Waals surface area (Å²) in [5.41, 5.74) is 3.39. The van der Waals surface area contributed by atoms with E-state index in [1.54, 1.807) is 24.3 Å². The van der Waals surface area contributed by atoms with E-state index in [1.807, 2.05) is 26.0 Å². The number of hydrogen-bond acceptors (Lipinski definition) is 7. The minimum atomic E-state index is -0.776. The van der Waals surface area contributed by atoms with Gasteiger partial charge in [0, 0.05) is 6.54 Å². The minimum Gasteiger partial charge on any atom is -0.454 e. The third kappa shape index (κ3) is 4.26. The summed E-state index contributed by atoms with van der Waals surface area (Å²) < 4.78 is 15.7. The molecule has 3 aromatic carbocycles. The van der Waals surface area contributed by atoms with Crippen molar-refractivity contribution in [1.29, 1.82) is 0 Å². The second kappa shape index (κ2) is 9.18. The fraction of sp³-hybridized carbons (Fsp3) is 0.185. The van der Waals surface area contributed by atoms with Gasteiger partial charge in [-0.25, -0.2) is 9.69 Å². The third-order valence-corrected chi connectivity index (χ3v) is 5.99. The lowest BCUT2D eigenvalue weighted by molar-refractivity contribution is -0.124. The Bertz CT molecular complexity index is 1430. The highest BCUT2D eigenvalue weighted by Gasteiger charge is 2.38. The Morgan fingerprint density at radius 2 is 1.69 bits per heavy atom. The van der Waals surface area contributed by atoms with E-state index in [1.165, 1.54) is 18.2 Å². The van der Waals surface area contributed by atoms with E-state index in [0.29, 0.717) is 17.2 Å². The van der Waals surface area contributed by atoms with Crippen LogP contribution >= 0.6 is 0 Å². The molecule has 0 spiro atoms. The summed E-state index contributed by atoms with van der Waals surface area (Å²) in [6, 6.07) is 15.0. The molecule has 0 saturated carbocycles. The van der Waals surface area contributed by atoms with Gasteiger partial charge < -0.3 is 19.5 Å². The minimum absolute atomic E-state index is 0.0706. The third-order valence-electron chi connectivity index (χ3n) is 5.99. The number of hydrogen-bond donors (Lipinski definition) is 1. The van der Waals surface area contributed by atoms with Crippen molar-refractivity contribution < 1.29 is 33.4 Å². The molecule has 0 aliphatic carbocycles. The number of amides is 3. The highest BCUT2D eigenvalue weighted by Crippen LogP contribution is 2.33. The largest absolute Gasteiger partial charge is 0.454 e. The van der Waals surface area contributed by atoms with Crippen LogP contribution in [0.4, 0.5) is 5.69 Å². The number of benzene rings is 3. The summed E-state index contributed by atoms with van der Waals surface area (Å²) in [5.74, 6) is -0.984. The highest BCUT2D eigenvalue weighted by atomic mass is 16.7. The Labute approximate surface area is 206 Å². The van der Waals surface area contributed by atoms with Crippen LogP contribution in [0.15, 0.2) is 54.6 Å². The maximum Gasteiger partial charge on any atom is 0.338 e. The lowest BCUT2D eigenvalue weighted by atomic mass is 10.1. The monoisotopic (exact) mass is 486 g/mol. The quantitative estimate of drug-likeness (QED) is 0.420. The van der Waals surface area contributed by atoms with E-state index < -0.39 is 30.3 Å². The van der Waals surface area contributed by atoms with Crippen LogP contribution in [0.5, 0.6) is 11.5 Å². The molecule has 0 aromatic heterocycles. The first-order valence-corrected chi connectivity index (χ1v) is 11.2. The molecule has 182 valence electrons. The maximum absolute atomic E-state index is 13.1. The first-order chi connectivity index (χ1) is 17.3. The normalized spacial score (nSPS) is 13.6. The van der Waals surface area contributed by atoms with E-state index in [9.17, 15) is 19.2 Å². The number of esters is 1. The van der Waals surface area contributed by atoms with E-state index in [2.05, 4.69) is 5.32 Å². The number of aryl methyl sites for hydroxylation is 2. The molecule has 2 heterocycles. The Kier molecular flexibility index (Phi) is 5.89. The van der Waals surface area contributed by atoms with Gasteiger partial charge in [-0.05, 0) is 66.9 Å². The summed E-state index contributed by atoms with van der Waals surface area (Å²) in [4.78, 5) is 51.9. The standard InChI is InChI=1S/C27H22N2O7/c1-15-3-4-16(2)21(9-15)29-25(31)19-7-6-18(11-20(19)26(29)32)27(33)34-13-24(30)28-12-17-5-8-22-23(10-17)36-14-35-22/h3-11H,12-14H2,1-2H3,(H,28,30). The molecule has 0 fully saturated rings. The smallest absolute Gasteiger partial charge is 0.338 e. The van der Waals surface area contributed by atoms with E-state index in [4.69, 9.17) is 14.2 Å². The van der Waals surface area contributed by atoms with Gasteiger partial charge in [-0.1, -0.05) is 18.2 Å². The molecule has 5 rings (SSSR count). The topological polar surface area (TPSA) is 111 Å². The van der Waals surface area contributed by atoms with Crippen LogP contribution in [0, 0.1) is 13.8 Å². The number of rotatable bonds is 6. The second-order valence-electron chi connectivity index (χ2n) is 8.54. The number of fused-ring (bicyclic) bond motifs is 2. The summed E-state index contributed by atoms with van der Waals surface area (Å²) >= 11 is 0. The van der Waals surface area contributed by atoms with Gasteiger partial charge in [0.2, 0.25) is 6.79 Å². The fourth-order valence-electron chi connectivity index (χ4n) is 4.06. The van der Waals surface area contributed by atoms with Crippen LogP contribution in [-0.4, -0.2) is 37.1 Å². The molecule has 9 nitrogen and oxygen atoms in total. The molecule has 1 N–H and O–H groups in total. The van der Waals surface area contributed by atoms with Gasteiger partial charge >= 0.3 is 5.97 Å². The van der Waals surface area contributed by atoms with Crippen LogP contribution in [0.25, 0.3) is 0 Å². The molecule has 9 heteroatoms. The van der Waals surface area contributed by atoms with Crippen molar-refractivity contribution in [3.63, 3.8) is 0 Å². The number of carbonyl (C=O) groups is 4. The first-order valence-electron chi connectivity index (χ1n) is 11.2. The predicted octanol–water partition coefficient (Wildman–Crippen LogP) is 3.31. The van der Waals surface area contributed by atoms with Crippen molar-refractivity contribution in [1.82, 2.24) is 5.32 Å². The fourth-order valence-corrected chi connectivity index (χ4v) is 4.06. The Balaban J connectivity index is 1.22. The molecule has 0 bridgehead atoms. The molecule has 0 unspecified atom stereocenters. The van der Waals surface area contributed by atoms with Crippen molar-refractivity contribution in [2.75, 3.05) is 18.3 Å². The van der Waals surface area contributed by atoms with Crippen molar-refractivity contribution >= 4 is 29.4 Å². The zero-order valence-corrected chi connectivity index (χ0v) is 19.6. The number of ether oxygens (including phenoxy) is 3. The number of imide groups is 1. The Morgan fingerprint density at radius 3 is 2.53 bits per heavy atom. The van der Waals surface area contributed by atoms with E-state index in [-0.39, 0.29) is 30.0 Å². The molecule has 3 amide bonds. The first kappa shape index (κ1) is 23.1. The zero-order chi connectivity index (χ0) is 25.4. The van der Waals surface area contributed by atoms with E-state index >= 15 is 0 Å². The SMILES string of the molecule is Cc1ccc(C)c(N2C(=O)c3ccc(C(=O)OCC(=O)NCc4ccc5c(c4)OCO5)cc3C2=O)c1. The van der Waals surface area contributed by atoms with Gasteiger partial charge in [-0.15, -0.1) is 0 Å². The van der Waals surface area contributed by atoms with Gasteiger partial charge in [0.1, 0.15) is 0 Å². The molecular formula is C27H22N2O7. The van der Waals surface area contributed by atoms with Crippen LogP contribution in [0.1, 0.15) is 47.8 Å². The summed E-state index contributed by atoms with van der Waals surface area (Å²) in [7, 11) is 0. The van der Waals surface area contributed by atoms with Gasteiger partial charge in [-0.2, -0.15) is 0 Å². The number of nitrogens with zero attached hydrogens (tertiary/aromatic N) is 1. The summed E-state index contributed by atoms with van der Waals surface area (Å²) in [6.07, 6.45) is 0. The molecule has 36 heavy (non-hydrogen) atoms. The van der Waals surface area contributed by atoms with E-state index in [0.717, 1.165) is 21.6 Å². The van der Waals surface area contributed by atoms with Crippen molar-refractivity contribution in [3.8, 4) is 11.5 Å². The second-order valence-corrected chi connectivity index (χ2v) is 8.54. The Morgan fingerprint density at radius 1 is 0.917 bits per heavy atom. The molecule has 2 aliphatic heterocycles. The van der Waals surface area contributed by atoms with Crippen molar-refractivity contribution in [3.05, 3.63) is 88.0 Å². The van der Waals surface area contributed by atoms with Crippen LogP contribution in [0.2, 0.25) is 0 Å². The van der Waals surface area contributed by atoms with Gasteiger partial charge in [0.05, 0.1) is 22.4 Å². The Hall–Kier alpha value is -4.66. The summed E-state index contributed by atoms with van der Waals surface area (Å²) in [6.45, 7) is 3.57. The van der Waals surface area contributed by atoms with Gasteiger partial charge in [0.15, 0.2) is 18.1 Å². The summed E-state index contributed by atoms with van der Waals surface area (Å²) in [5, 5.41) is 2.67. The van der Waals surface area contributed by atoms with Crippen LogP contribution in [-0.2, 0) is 16.1 Å². The number of anilines is 1. The zero-order valence-electron chi connectivity index (χ0n) is 19.6. The maximum atomic E-state index is 13.1. The highest BCUT2D eigenvalue weighted by molar-refractivity contribution is 6.35. The molecule has 0 saturated heterocycles. The van der Waals surface area contributed by atoms with Crippen LogP contribution in [0.3, 0.4) is 0 Å². The average molecular weight is 486 g/mol. The molecular weight excluding hydrogens is 464 g/mol. The lowest BCUT2D eigenvalue weighted by Crippen LogP contribution is -2.30. The number of nitrogens with one attached hydrogen (secondary N) is 1. The molecule has 3 aromatic rings. The van der Waals surface area contributed by atoms with Gasteiger partial charge in [-0.3, -0.25) is 14.4 Å². The average Bonchev–Trinajstić information content (AvgIpc) is 3.44. The molecule has 2 aliphatic rings. The van der Waals surface area contributed by atoms with Crippen molar-refractivity contribution in [2.24, 2.45) is 0 Å². The van der Waals surface area contributed by atoms with Gasteiger partial charge in [0.25, 0.3) is 17.7 Å². The number of carbonyl (C=O) groups excluding carboxylic acids is 4.